The average Bonchev–Trinajstić information content (AvgIpc) is 3.30. The predicted molar refractivity (Wildman–Crippen MR) is 120 cm³/mol. The van der Waals surface area contributed by atoms with E-state index < -0.39 is 0 Å². The summed E-state index contributed by atoms with van der Waals surface area (Å²) in [5.74, 6) is 1.02. The van der Waals surface area contributed by atoms with Gasteiger partial charge in [-0.2, -0.15) is 5.26 Å². The summed E-state index contributed by atoms with van der Waals surface area (Å²) < 4.78 is 1.95. The largest absolute Gasteiger partial charge is 0.316 e. The van der Waals surface area contributed by atoms with E-state index in [-0.39, 0.29) is 11.7 Å². The second kappa shape index (κ2) is 9.45. The minimum absolute atomic E-state index is 0.121. The third-order valence-electron chi connectivity index (χ3n) is 5.27. The highest BCUT2D eigenvalue weighted by atomic mass is 32.2. The number of hydrogen-bond donors (Lipinski definition) is 1. The molecule has 0 fully saturated rings. The molecule has 2 heterocycles. The Morgan fingerprint density at radius 1 is 1.23 bits per heavy atom. The van der Waals surface area contributed by atoms with Gasteiger partial charge in [0.15, 0.2) is 5.16 Å². The minimum atomic E-state index is -0.121. The van der Waals surface area contributed by atoms with E-state index in [1.54, 1.807) is 11.3 Å². The Bertz CT molecular complexity index is 1080. The van der Waals surface area contributed by atoms with Crippen LogP contribution in [0.3, 0.4) is 0 Å². The Morgan fingerprint density at radius 3 is 2.83 bits per heavy atom. The molecule has 2 aromatic heterocycles. The number of aromatic nitrogens is 3. The number of thiophene rings is 1. The summed E-state index contributed by atoms with van der Waals surface area (Å²) in [7, 11) is 1.93. The third kappa shape index (κ3) is 4.58. The number of carbonyl (C=O) groups excluding carboxylic acids is 1. The molecule has 3 aromatic rings. The Labute approximate surface area is 184 Å². The van der Waals surface area contributed by atoms with E-state index in [0.29, 0.717) is 10.6 Å². The van der Waals surface area contributed by atoms with Gasteiger partial charge in [0, 0.05) is 18.3 Å². The lowest BCUT2D eigenvalue weighted by Crippen LogP contribution is -2.14. The van der Waals surface area contributed by atoms with Crippen molar-refractivity contribution >= 4 is 34.0 Å². The van der Waals surface area contributed by atoms with Gasteiger partial charge in [-0.05, 0) is 43.2 Å². The van der Waals surface area contributed by atoms with Gasteiger partial charge in [0.1, 0.15) is 16.9 Å². The van der Waals surface area contributed by atoms with Gasteiger partial charge in [0.05, 0.1) is 11.3 Å². The first-order chi connectivity index (χ1) is 14.7. The molecule has 8 heteroatoms. The number of nitrogens with zero attached hydrogens (tertiary/aromatic N) is 4. The van der Waals surface area contributed by atoms with E-state index in [4.69, 9.17) is 0 Å². The van der Waals surface area contributed by atoms with Crippen LogP contribution in [0.2, 0.25) is 0 Å². The number of rotatable bonds is 7. The molecule has 1 aliphatic rings. The fraction of sp³-hybridized carbons (Fsp3) is 0.364. The summed E-state index contributed by atoms with van der Waals surface area (Å²) in [6.45, 7) is 0. The average molecular weight is 438 g/mol. The van der Waals surface area contributed by atoms with Crippen molar-refractivity contribution in [2.75, 3.05) is 11.1 Å². The zero-order valence-electron chi connectivity index (χ0n) is 16.9. The van der Waals surface area contributed by atoms with Gasteiger partial charge in [-0.25, -0.2) is 0 Å². The van der Waals surface area contributed by atoms with Gasteiger partial charge in [0.2, 0.25) is 5.91 Å². The molecule has 1 N–H and O–H groups in total. The molecule has 30 heavy (non-hydrogen) atoms. The summed E-state index contributed by atoms with van der Waals surface area (Å²) in [5, 5.41) is 22.4. The molecule has 0 bridgehead atoms. The molecule has 1 aliphatic carbocycles. The summed E-state index contributed by atoms with van der Waals surface area (Å²) in [6, 6.07) is 12.6. The standard InChI is InChI=1S/C22H23N5OS2/c1-27-19(12-11-15-7-3-2-4-8-15)25-26-22(27)29-14-20(28)24-21-17(13-23)16-9-5-6-10-18(16)30-21/h2-4,7-8H,5-6,9-12,14H2,1H3,(H,24,28). The van der Waals surface area contributed by atoms with Crippen molar-refractivity contribution in [1.29, 1.82) is 5.26 Å². The first-order valence-electron chi connectivity index (χ1n) is 10.0. The number of anilines is 1. The highest BCUT2D eigenvalue weighted by Crippen LogP contribution is 2.37. The van der Waals surface area contributed by atoms with Gasteiger partial charge in [0.25, 0.3) is 0 Å². The number of nitriles is 1. The summed E-state index contributed by atoms with van der Waals surface area (Å²) in [4.78, 5) is 13.8. The SMILES string of the molecule is Cn1c(CCc2ccccc2)nnc1SCC(=O)Nc1sc2c(c1C#N)CCCC2. The molecule has 0 aliphatic heterocycles. The zero-order valence-corrected chi connectivity index (χ0v) is 18.5. The molecular formula is C22H23N5OS2. The quantitative estimate of drug-likeness (QED) is 0.562. The molecule has 4 rings (SSSR count). The molecule has 0 saturated heterocycles. The lowest BCUT2D eigenvalue weighted by atomic mass is 9.96. The van der Waals surface area contributed by atoms with E-state index in [1.165, 1.54) is 22.2 Å². The van der Waals surface area contributed by atoms with Crippen LogP contribution in [0, 0.1) is 11.3 Å². The van der Waals surface area contributed by atoms with E-state index >= 15 is 0 Å². The van der Waals surface area contributed by atoms with Crippen molar-refractivity contribution in [2.45, 2.75) is 43.7 Å². The molecule has 1 amide bonds. The lowest BCUT2D eigenvalue weighted by molar-refractivity contribution is -0.113. The van der Waals surface area contributed by atoms with Crippen LogP contribution in [0.5, 0.6) is 0 Å². The van der Waals surface area contributed by atoms with Crippen LogP contribution < -0.4 is 5.32 Å². The molecule has 0 unspecified atom stereocenters. The first-order valence-corrected chi connectivity index (χ1v) is 11.9. The van der Waals surface area contributed by atoms with Gasteiger partial charge in [-0.1, -0.05) is 42.1 Å². The Morgan fingerprint density at radius 2 is 2.03 bits per heavy atom. The van der Waals surface area contributed by atoms with Crippen LogP contribution in [-0.2, 0) is 37.5 Å². The summed E-state index contributed by atoms with van der Waals surface area (Å²) >= 11 is 2.92. The highest BCUT2D eigenvalue weighted by molar-refractivity contribution is 7.99. The van der Waals surface area contributed by atoms with Gasteiger partial charge in [-0.3, -0.25) is 4.79 Å². The van der Waals surface area contributed by atoms with E-state index in [1.807, 2.05) is 29.8 Å². The van der Waals surface area contributed by atoms with Gasteiger partial charge >= 0.3 is 0 Å². The van der Waals surface area contributed by atoms with Crippen LogP contribution in [0.25, 0.3) is 0 Å². The van der Waals surface area contributed by atoms with Crippen molar-refractivity contribution < 1.29 is 4.79 Å². The summed E-state index contributed by atoms with van der Waals surface area (Å²) in [5.41, 5.74) is 3.05. The Hall–Kier alpha value is -2.63. The highest BCUT2D eigenvalue weighted by Gasteiger charge is 2.22. The topological polar surface area (TPSA) is 83.6 Å². The number of thioether (sulfide) groups is 1. The van der Waals surface area contributed by atoms with E-state index in [0.717, 1.165) is 55.1 Å². The molecule has 0 saturated carbocycles. The maximum atomic E-state index is 12.5. The monoisotopic (exact) mass is 437 g/mol. The number of hydrogen-bond acceptors (Lipinski definition) is 6. The van der Waals surface area contributed by atoms with Crippen molar-refractivity contribution in [3.63, 3.8) is 0 Å². The zero-order chi connectivity index (χ0) is 20.9. The number of fused-ring (bicyclic) bond motifs is 1. The fourth-order valence-electron chi connectivity index (χ4n) is 3.65. The maximum absolute atomic E-state index is 12.5. The number of amides is 1. The van der Waals surface area contributed by atoms with Crippen LogP contribution in [-0.4, -0.2) is 26.4 Å². The van der Waals surface area contributed by atoms with Crippen LogP contribution in [0.1, 0.15) is 40.2 Å². The molecule has 0 atom stereocenters. The lowest BCUT2D eigenvalue weighted by Gasteiger charge is -2.09. The second-order valence-corrected chi connectivity index (χ2v) is 9.35. The number of nitrogens with one attached hydrogen (secondary N) is 1. The van der Waals surface area contributed by atoms with Crippen molar-refractivity contribution in [2.24, 2.45) is 7.05 Å². The molecule has 0 spiro atoms. The smallest absolute Gasteiger partial charge is 0.235 e. The predicted octanol–water partition coefficient (Wildman–Crippen LogP) is 4.14. The number of carbonyl (C=O) groups is 1. The fourth-order valence-corrected chi connectivity index (χ4v) is 5.64. The molecule has 6 nitrogen and oxygen atoms in total. The molecular weight excluding hydrogens is 414 g/mol. The van der Waals surface area contributed by atoms with Crippen molar-refractivity contribution in [3.05, 3.63) is 57.7 Å². The van der Waals surface area contributed by atoms with Crippen molar-refractivity contribution in [1.82, 2.24) is 14.8 Å². The Balaban J connectivity index is 1.34. The second-order valence-electron chi connectivity index (χ2n) is 7.31. The third-order valence-corrected chi connectivity index (χ3v) is 7.50. The number of benzene rings is 1. The normalized spacial score (nSPS) is 12.9. The van der Waals surface area contributed by atoms with Gasteiger partial charge < -0.3 is 9.88 Å². The molecule has 154 valence electrons. The molecule has 1 aromatic carbocycles. The van der Waals surface area contributed by atoms with Gasteiger partial charge in [-0.15, -0.1) is 21.5 Å². The van der Waals surface area contributed by atoms with E-state index in [9.17, 15) is 10.1 Å². The van der Waals surface area contributed by atoms with Crippen LogP contribution in [0.4, 0.5) is 5.00 Å². The number of aryl methyl sites for hydroxylation is 3. The molecule has 0 radical (unpaired) electrons. The first kappa shape index (κ1) is 20.6. The van der Waals surface area contributed by atoms with Crippen LogP contribution >= 0.6 is 23.1 Å². The summed E-state index contributed by atoms with van der Waals surface area (Å²) in [6.07, 6.45) is 5.90. The maximum Gasteiger partial charge on any atom is 0.235 e. The van der Waals surface area contributed by atoms with Crippen molar-refractivity contribution in [3.8, 4) is 6.07 Å². The van der Waals surface area contributed by atoms with Crippen LogP contribution in [0.15, 0.2) is 35.5 Å². The van der Waals surface area contributed by atoms with E-state index in [2.05, 4.69) is 33.7 Å². The minimum Gasteiger partial charge on any atom is -0.316 e. The Kier molecular flexibility index (Phi) is 6.50.